The minimum atomic E-state index is -0.411. The molecule has 2 heterocycles. The van der Waals surface area contributed by atoms with Crippen molar-refractivity contribution in [2.75, 3.05) is 17.9 Å². The highest BCUT2D eigenvalue weighted by Crippen LogP contribution is 2.38. The van der Waals surface area contributed by atoms with Crippen LogP contribution in [0.25, 0.3) is 0 Å². The molecule has 2 aromatic carbocycles. The predicted molar refractivity (Wildman–Crippen MR) is 119 cm³/mol. The van der Waals surface area contributed by atoms with Crippen LogP contribution in [0.5, 0.6) is 5.75 Å². The Hall–Kier alpha value is -3.00. The molecule has 30 heavy (non-hydrogen) atoms. The molecule has 1 aliphatic heterocycles. The Balaban J connectivity index is 1.63. The Morgan fingerprint density at radius 1 is 1.10 bits per heavy atom. The van der Waals surface area contributed by atoms with Crippen LogP contribution in [-0.2, 0) is 17.6 Å². The van der Waals surface area contributed by atoms with E-state index in [9.17, 15) is 4.79 Å². The molecule has 1 aromatic heterocycles. The Labute approximate surface area is 180 Å². The molecule has 3 aromatic rings. The second-order valence-corrected chi connectivity index (χ2v) is 8.15. The SMILES string of the molecule is CCc1ccc(NC(=O)C2Sc3nnc(CC)n3NC2c2ccc(OC)cc2)cc1. The first kappa shape index (κ1) is 20.3. The molecule has 8 heteroatoms. The normalized spacial score (nSPS) is 17.7. The second kappa shape index (κ2) is 8.79. The molecule has 0 saturated heterocycles. The summed E-state index contributed by atoms with van der Waals surface area (Å²) in [5.41, 5.74) is 6.47. The van der Waals surface area contributed by atoms with E-state index in [1.54, 1.807) is 7.11 Å². The smallest absolute Gasteiger partial charge is 0.240 e. The van der Waals surface area contributed by atoms with Crippen molar-refractivity contribution in [1.29, 1.82) is 0 Å². The van der Waals surface area contributed by atoms with Gasteiger partial charge < -0.3 is 15.5 Å². The van der Waals surface area contributed by atoms with Crippen LogP contribution in [0.2, 0.25) is 0 Å². The maximum atomic E-state index is 13.3. The summed E-state index contributed by atoms with van der Waals surface area (Å²) in [5.74, 6) is 1.54. The first-order valence-corrected chi connectivity index (χ1v) is 10.9. The van der Waals surface area contributed by atoms with Gasteiger partial charge in [0.15, 0.2) is 5.82 Å². The molecule has 2 unspecified atom stereocenters. The third-order valence-corrected chi connectivity index (χ3v) is 6.40. The number of carbonyl (C=O) groups is 1. The molecule has 0 spiro atoms. The van der Waals surface area contributed by atoms with E-state index in [4.69, 9.17) is 4.74 Å². The quantitative estimate of drug-likeness (QED) is 0.628. The number of anilines is 1. The first-order chi connectivity index (χ1) is 14.6. The van der Waals surface area contributed by atoms with E-state index in [1.807, 2.05) is 60.1 Å². The zero-order valence-electron chi connectivity index (χ0n) is 17.3. The molecule has 0 bridgehead atoms. The lowest BCUT2D eigenvalue weighted by Gasteiger charge is -2.33. The Kier molecular flexibility index (Phi) is 5.94. The number of aryl methyl sites for hydroxylation is 2. The monoisotopic (exact) mass is 423 g/mol. The van der Waals surface area contributed by atoms with Crippen LogP contribution in [0, 0.1) is 0 Å². The van der Waals surface area contributed by atoms with Crippen molar-refractivity contribution in [2.24, 2.45) is 0 Å². The molecule has 0 radical (unpaired) electrons. The average molecular weight is 424 g/mol. The van der Waals surface area contributed by atoms with Crippen LogP contribution in [0.4, 0.5) is 5.69 Å². The number of methoxy groups -OCH3 is 1. The van der Waals surface area contributed by atoms with Gasteiger partial charge in [0.2, 0.25) is 11.1 Å². The summed E-state index contributed by atoms with van der Waals surface area (Å²) in [6.07, 6.45) is 1.71. The van der Waals surface area contributed by atoms with Crippen molar-refractivity contribution in [3.8, 4) is 5.75 Å². The van der Waals surface area contributed by atoms with Gasteiger partial charge in [-0.3, -0.25) is 4.79 Å². The van der Waals surface area contributed by atoms with Crippen molar-refractivity contribution in [1.82, 2.24) is 14.9 Å². The van der Waals surface area contributed by atoms with Gasteiger partial charge in [0.05, 0.1) is 13.2 Å². The summed E-state index contributed by atoms with van der Waals surface area (Å²) in [5, 5.41) is 11.8. The largest absolute Gasteiger partial charge is 0.497 e. The van der Waals surface area contributed by atoms with Crippen molar-refractivity contribution in [2.45, 2.75) is 43.1 Å². The van der Waals surface area contributed by atoms with E-state index >= 15 is 0 Å². The number of hydrogen-bond acceptors (Lipinski definition) is 6. The van der Waals surface area contributed by atoms with Gasteiger partial charge in [0.25, 0.3) is 0 Å². The second-order valence-electron chi connectivity index (χ2n) is 7.05. The van der Waals surface area contributed by atoms with Crippen molar-refractivity contribution in [3.63, 3.8) is 0 Å². The fourth-order valence-electron chi connectivity index (χ4n) is 3.43. The van der Waals surface area contributed by atoms with Crippen molar-refractivity contribution < 1.29 is 9.53 Å². The number of aromatic nitrogens is 3. The summed E-state index contributed by atoms with van der Waals surface area (Å²) in [6.45, 7) is 4.14. The zero-order valence-corrected chi connectivity index (χ0v) is 18.1. The summed E-state index contributed by atoms with van der Waals surface area (Å²) in [7, 11) is 1.64. The van der Waals surface area contributed by atoms with Crippen LogP contribution in [0.1, 0.15) is 36.8 Å². The molecule has 4 rings (SSSR count). The van der Waals surface area contributed by atoms with Crippen molar-refractivity contribution >= 4 is 23.4 Å². The molecule has 0 fully saturated rings. The van der Waals surface area contributed by atoms with Crippen LogP contribution >= 0.6 is 11.8 Å². The van der Waals surface area contributed by atoms with Crippen LogP contribution in [0.15, 0.2) is 53.7 Å². The van der Waals surface area contributed by atoms with Crippen LogP contribution < -0.4 is 15.5 Å². The zero-order chi connectivity index (χ0) is 21.1. The van der Waals surface area contributed by atoms with Gasteiger partial charge in [-0.05, 0) is 41.8 Å². The van der Waals surface area contributed by atoms with Gasteiger partial charge in [-0.1, -0.05) is 49.9 Å². The molecule has 156 valence electrons. The summed E-state index contributed by atoms with van der Waals surface area (Å²) >= 11 is 1.42. The van der Waals surface area contributed by atoms with Gasteiger partial charge in [-0.2, -0.15) is 0 Å². The van der Waals surface area contributed by atoms with E-state index < -0.39 is 5.25 Å². The fourth-order valence-corrected chi connectivity index (χ4v) is 4.52. The Bertz CT molecular complexity index is 1020. The highest BCUT2D eigenvalue weighted by Gasteiger charge is 2.37. The average Bonchev–Trinajstić information content (AvgIpc) is 3.21. The number of hydrogen-bond donors (Lipinski definition) is 2. The number of benzene rings is 2. The first-order valence-electron chi connectivity index (χ1n) is 10.0. The molecule has 7 nitrogen and oxygen atoms in total. The van der Waals surface area contributed by atoms with Gasteiger partial charge in [0.1, 0.15) is 11.0 Å². The van der Waals surface area contributed by atoms with E-state index in [-0.39, 0.29) is 11.9 Å². The summed E-state index contributed by atoms with van der Waals surface area (Å²) in [6, 6.07) is 15.5. The third kappa shape index (κ3) is 4.00. The Morgan fingerprint density at radius 3 is 2.47 bits per heavy atom. The van der Waals surface area contributed by atoms with E-state index in [0.717, 1.165) is 35.7 Å². The molecule has 2 N–H and O–H groups in total. The minimum Gasteiger partial charge on any atom is -0.497 e. The van der Waals surface area contributed by atoms with Crippen LogP contribution in [0.3, 0.4) is 0 Å². The molecule has 0 saturated carbocycles. The number of thioether (sulfide) groups is 1. The van der Waals surface area contributed by atoms with Gasteiger partial charge in [0, 0.05) is 12.1 Å². The number of nitrogens with zero attached hydrogens (tertiary/aromatic N) is 3. The number of carbonyl (C=O) groups excluding carboxylic acids is 1. The van der Waals surface area contributed by atoms with E-state index in [2.05, 4.69) is 27.9 Å². The lowest BCUT2D eigenvalue weighted by atomic mass is 10.0. The number of fused-ring (bicyclic) bond motifs is 1. The predicted octanol–water partition coefficient (Wildman–Crippen LogP) is 3.81. The molecule has 1 aliphatic rings. The molecule has 2 atom stereocenters. The molecular weight excluding hydrogens is 398 g/mol. The number of nitrogens with one attached hydrogen (secondary N) is 2. The number of rotatable bonds is 6. The minimum absolute atomic E-state index is 0.0788. The van der Waals surface area contributed by atoms with Crippen LogP contribution in [-0.4, -0.2) is 33.1 Å². The number of amides is 1. The lowest BCUT2D eigenvalue weighted by molar-refractivity contribution is -0.116. The van der Waals surface area contributed by atoms with E-state index in [0.29, 0.717) is 5.16 Å². The summed E-state index contributed by atoms with van der Waals surface area (Å²) in [4.78, 5) is 13.3. The standard InChI is InChI=1S/C22H25N5O2S/c1-4-14-6-10-16(11-7-14)23-21(28)20-19(15-8-12-17(29-3)13-9-15)26-27-18(5-2)24-25-22(27)30-20/h6-13,19-20,26H,4-5H2,1-3H3,(H,23,28). The maximum Gasteiger partial charge on any atom is 0.240 e. The van der Waals surface area contributed by atoms with E-state index in [1.165, 1.54) is 17.3 Å². The van der Waals surface area contributed by atoms with Gasteiger partial charge >= 0.3 is 0 Å². The third-order valence-electron chi connectivity index (χ3n) is 5.18. The maximum absolute atomic E-state index is 13.3. The molecular formula is C22H25N5O2S. The molecule has 1 amide bonds. The van der Waals surface area contributed by atoms with Gasteiger partial charge in [-0.25, -0.2) is 4.68 Å². The fraction of sp³-hybridized carbons (Fsp3) is 0.318. The molecule has 0 aliphatic carbocycles. The topological polar surface area (TPSA) is 81.1 Å². The van der Waals surface area contributed by atoms with Gasteiger partial charge in [-0.15, -0.1) is 10.2 Å². The number of ether oxygens (including phenoxy) is 1. The summed E-state index contributed by atoms with van der Waals surface area (Å²) < 4.78 is 7.17. The highest BCUT2D eigenvalue weighted by molar-refractivity contribution is 8.00. The van der Waals surface area contributed by atoms with Crippen molar-refractivity contribution in [3.05, 3.63) is 65.5 Å². The Morgan fingerprint density at radius 2 is 1.83 bits per heavy atom. The lowest BCUT2D eigenvalue weighted by Crippen LogP contribution is -2.41. The highest BCUT2D eigenvalue weighted by atomic mass is 32.2.